The van der Waals surface area contributed by atoms with Crippen LogP contribution in [-0.4, -0.2) is 35.4 Å². The van der Waals surface area contributed by atoms with Crippen molar-refractivity contribution in [3.8, 4) is 11.5 Å². The first-order valence-electron chi connectivity index (χ1n) is 14.4. The van der Waals surface area contributed by atoms with Gasteiger partial charge in [0.25, 0.3) is 5.56 Å². The normalized spacial score (nSPS) is 15.2. The molecular formula is C33H37N3O5S. The lowest BCUT2D eigenvalue weighted by Gasteiger charge is -2.25. The van der Waals surface area contributed by atoms with Gasteiger partial charge in [0.2, 0.25) is 0 Å². The molecule has 8 nitrogen and oxygen atoms in total. The first-order valence-corrected chi connectivity index (χ1v) is 15.2. The second-order valence-corrected chi connectivity index (χ2v) is 11.5. The average molecular weight is 588 g/mol. The Morgan fingerprint density at radius 3 is 2.64 bits per heavy atom. The summed E-state index contributed by atoms with van der Waals surface area (Å²) in [4.78, 5) is 32.7. The Balaban J connectivity index is 1.70. The summed E-state index contributed by atoms with van der Waals surface area (Å²) in [5.41, 5.74) is 3.40. The first-order chi connectivity index (χ1) is 20.3. The number of carbonyl (C=O) groups excluding carboxylic acids is 1. The Labute approximate surface area is 249 Å². The number of aromatic nitrogens is 2. The fourth-order valence-corrected chi connectivity index (χ4v) is 6.36. The highest BCUT2D eigenvalue weighted by Gasteiger charge is 2.34. The molecule has 1 aliphatic heterocycles. The molecule has 0 bridgehead atoms. The molecule has 0 N–H and O–H groups in total. The van der Waals surface area contributed by atoms with E-state index in [2.05, 4.69) is 43.7 Å². The molecule has 4 aromatic rings. The van der Waals surface area contributed by atoms with E-state index in [1.54, 1.807) is 25.5 Å². The van der Waals surface area contributed by atoms with E-state index in [0.29, 0.717) is 44.3 Å². The van der Waals surface area contributed by atoms with Gasteiger partial charge in [-0.2, -0.15) is 0 Å². The minimum Gasteiger partial charge on any atom is -0.493 e. The van der Waals surface area contributed by atoms with Gasteiger partial charge in [-0.3, -0.25) is 9.36 Å². The molecule has 2 aromatic heterocycles. The van der Waals surface area contributed by atoms with Gasteiger partial charge in [0.05, 0.1) is 42.2 Å². The van der Waals surface area contributed by atoms with E-state index in [1.165, 1.54) is 11.3 Å². The molecule has 0 saturated heterocycles. The van der Waals surface area contributed by atoms with Crippen molar-refractivity contribution in [2.24, 2.45) is 4.99 Å². The molecule has 0 spiro atoms. The number of benzene rings is 2. The van der Waals surface area contributed by atoms with E-state index in [-0.39, 0.29) is 18.2 Å². The number of hydrogen-bond donors (Lipinski definition) is 0. The molecule has 5 rings (SSSR count). The second-order valence-electron chi connectivity index (χ2n) is 10.5. The second kappa shape index (κ2) is 12.4. The van der Waals surface area contributed by atoms with Gasteiger partial charge in [-0.15, -0.1) is 0 Å². The molecule has 0 amide bonds. The maximum absolute atomic E-state index is 14.2. The molecule has 2 aromatic carbocycles. The summed E-state index contributed by atoms with van der Waals surface area (Å²) in [5.74, 6) is 0.646. The predicted molar refractivity (Wildman–Crippen MR) is 166 cm³/mol. The van der Waals surface area contributed by atoms with E-state index in [0.717, 1.165) is 29.3 Å². The molecule has 0 aliphatic carbocycles. The van der Waals surface area contributed by atoms with Gasteiger partial charge in [-0.05, 0) is 64.0 Å². The zero-order chi connectivity index (χ0) is 30.0. The average Bonchev–Trinajstić information content (AvgIpc) is 3.50. The summed E-state index contributed by atoms with van der Waals surface area (Å²) < 4.78 is 21.4. The lowest BCUT2D eigenvalue weighted by atomic mass is 9.95. The molecule has 3 heterocycles. The predicted octanol–water partition coefficient (Wildman–Crippen LogP) is 5.52. The van der Waals surface area contributed by atoms with Gasteiger partial charge in [0, 0.05) is 28.7 Å². The third-order valence-corrected chi connectivity index (χ3v) is 8.37. The van der Waals surface area contributed by atoms with Crippen LogP contribution in [0.2, 0.25) is 0 Å². The number of nitrogens with zero attached hydrogens (tertiary/aromatic N) is 3. The molecule has 1 atom stereocenters. The SMILES string of the molecule is CCCCOc1ccc([C@H]2C(C(=O)OCC)=C(C)N=c3s/c(=C/c4cn(C(C)C)c5ccccc45)c(=O)n32)cc1OC. The number of thiazole rings is 1. The summed E-state index contributed by atoms with van der Waals surface area (Å²) in [6.07, 6.45) is 5.95. The highest BCUT2D eigenvalue weighted by atomic mass is 32.1. The van der Waals surface area contributed by atoms with Crippen LogP contribution in [0.1, 0.15) is 70.7 Å². The Hall–Kier alpha value is -4.11. The number of ether oxygens (including phenoxy) is 3. The molecule has 0 unspecified atom stereocenters. The third-order valence-electron chi connectivity index (χ3n) is 7.39. The fraction of sp³-hybridized carbons (Fsp3) is 0.364. The number of rotatable bonds is 10. The van der Waals surface area contributed by atoms with Crippen LogP contribution >= 0.6 is 11.3 Å². The highest BCUT2D eigenvalue weighted by molar-refractivity contribution is 7.07. The smallest absolute Gasteiger partial charge is 0.338 e. The topological polar surface area (TPSA) is 84.0 Å². The molecule has 42 heavy (non-hydrogen) atoms. The summed E-state index contributed by atoms with van der Waals surface area (Å²) in [5, 5.41) is 1.07. The van der Waals surface area contributed by atoms with Crippen LogP contribution in [0, 0.1) is 0 Å². The third kappa shape index (κ3) is 5.41. The molecule has 0 saturated carbocycles. The van der Waals surface area contributed by atoms with Gasteiger partial charge in [-0.25, -0.2) is 9.79 Å². The van der Waals surface area contributed by atoms with Crippen LogP contribution in [0.15, 0.2) is 69.7 Å². The summed E-state index contributed by atoms with van der Waals surface area (Å²) in [7, 11) is 1.58. The van der Waals surface area contributed by atoms with Crippen molar-refractivity contribution >= 4 is 34.3 Å². The number of fused-ring (bicyclic) bond motifs is 2. The van der Waals surface area contributed by atoms with Crippen molar-refractivity contribution in [3.63, 3.8) is 0 Å². The Morgan fingerprint density at radius 1 is 1.14 bits per heavy atom. The maximum Gasteiger partial charge on any atom is 0.338 e. The van der Waals surface area contributed by atoms with Crippen molar-refractivity contribution in [1.29, 1.82) is 0 Å². The largest absolute Gasteiger partial charge is 0.493 e. The first kappa shape index (κ1) is 29.4. The van der Waals surface area contributed by atoms with Gasteiger partial charge >= 0.3 is 5.97 Å². The molecule has 0 fully saturated rings. The van der Waals surface area contributed by atoms with Gasteiger partial charge in [-0.1, -0.05) is 48.9 Å². The Bertz CT molecular complexity index is 1840. The number of allylic oxidation sites excluding steroid dienone is 1. The van der Waals surface area contributed by atoms with E-state index in [1.807, 2.05) is 36.4 Å². The van der Waals surface area contributed by atoms with E-state index >= 15 is 0 Å². The lowest BCUT2D eigenvalue weighted by molar-refractivity contribution is -0.139. The van der Waals surface area contributed by atoms with Crippen molar-refractivity contribution in [2.45, 2.75) is 59.5 Å². The van der Waals surface area contributed by atoms with E-state index in [4.69, 9.17) is 19.2 Å². The summed E-state index contributed by atoms with van der Waals surface area (Å²) in [6.45, 7) is 10.7. The maximum atomic E-state index is 14.2. The number of hydrogen-bond acceptors (Lipinski definition) is 7. The minimum atomic E-state index is -0.738. The minimum absolute atomic E-state index is 0.209. The van der Waals surface area contributed by atoms with Crippen LogP contribution in [0.4, 0.5) is 0 Å². The van der Waals surface area contributed by atoms with Crippen molar-refractivity contribution in [1.82, 2.24) is 9.13 Å². The van der Waals surface area contributed by atoms with Crippen molar-refractivity contribution < 1.29 is 19.0 Å². The lowest BCUT2D eigenvalue weighted by Crippen LogP contribution is -2.40. The van der Waals surface area contributed by atoms with Gasteiger partial charge < -0.3 is 18.8 Å². The zero-order valence-corrected chi connectivity index (χ0v) is 25.8. The quantitative estimate of drug-likeness (QED) is 0.180. The van der Waals surface area contributed by atoms with E-state index in [9.17, 15) is 9.59 Å². The molecule has 1 aliphatic rings. The van der Waals surface area contributed by atoms with Crippen molar-refractivity contribution in [3.05, 3.63) is 90.7 Å². The Kier molecular flexibility index (Phi) is 8.68. The van der Waals surface area contributed by atoms with Crippen LogP contribution < -0.4 is 24.4 Å². The van der Waals surface area contributed by atoms with Crippen LogP contribution in [0.5, 0.6) is 11.5 Å². The number of unbranched alkanes of at least 4 members (excludes halogenated alkanes) is 1. The monoisotopic (exact) mass is 587 g/mol. The molecule has 220 valence electrons. The van der Waals surface area contributed by atoms with Crippen molar-refractivity contribution in [2.75, 3.05) is 20.3 Å². The summed E-state index contributed by atoms with van der Waals surface area (Å²) >= 11 is 1.32. The van der Waals surface area contributed by atoms with Crippen LogP contribution in [0.3, 0.4) is 0 Å². The molecular weight excluding hydrogens is 550 g/mol. The molecule has 9 heteroatoms. The zero-order valence-electron chi connectivity index (χ0n) is 25.0. The number of para-hydroxylation sites is 1. The number of esters is 1. The summed E-state index contributed by atoms with van der Waals surface area (Å²) in [6, 6.07) is 13.2. The standard InChI is InChI=1S/C33H37N3O5S/c1-7-9-16-41-26-15-14-22(17-27(26)39-6)30-29(32(38)40-8-2)21(5)34-33-36(30)31(37)28(42-33)18-23-19-35(20(3)4)25-13-11-10-12-24(23)25/h10-15,17-20,30H,7-9,16H2,1-6H3/b28-18+/t30-/m0/s1. The number of carbonyl (C=O) groups is 1. The van der Waals surface area contributed by atoms with Crippen LogP contribution in [0.25, 0.3) is 17.0 Å². The Morgan fingerprint density at radius 2 is 1.93 bits per heavy atom. The fourth-order valence-electron chi connectivity index (χ4n) is 5.32. The molecule has 0 radical (unpaired) electrons. The number of methoxy groups -OCH3 is 1. The van der Waals surface area contributed by atoms with Gasteiger partial charge in [0.1, 0.15) is 0 Å². The van der Waals surface area contributed by atoms with Crippen LogP contribution in [-0.2, 0) is 9.53 Å². The van der Waals surface area contributed by atoms with Gasteiger partial charge in [0.15, 0.2) is 16.3 Å². The highest BCUT2D eigenvalue weighted by Crippen LogP contribution is 2.36. The van der Waals surface area contributed by atoms with E-state index < -0.39 is 12.0 Å².